The fourth-order valence-corrected chi connectivity index (χ4v) is 1.40. The number of hydrogen-bond donors (Lipinski definition) is 1. The van der Waals surface area contributed by atoms with Crippen LogP contribution < -0.4 is 0 Å². The van der Waals surface area contributed by atoms with E-state index in [9.17, 15) is 8.42 Å². The van der Waals surface area contributed by atoms with Gasteiger partial charge in [0.15, 0.2) is 0 Å². The lowest BCUT2D eigenvalue weighted by molar-refractivity contribution is 0.245. The Morgan fingerprint density at radius 1 is 1.35 bits per heavy atom. The molecule has 0 aliphatic heterocycles. The first-order chi connectivity index (χ1) is 8.02. The minimum atomic E-state index is -4.00. The molecule has 0 spiro atoms. The minimum Gasteiger partial charge on any atom is -0.502 e. The standard InChI is InChI=1S/C6H6O3S.C6H12O/c7-10(8,9)6-4-2-1-3-5-6;1-3-5-6-7-4-2/h1-5H,(H,7,8,9);4H,2-3,5-6H2,1H3. The van der Waals surface area contributed by atoms with Crippen molar-refractivity contribution in [1.29, 1.82) is 0 Å². The predicted molar refractivity (Wildman–Crippen MR) is 67.3 cm³/mol. The zero-order chi connectivity index (χ0) is 13.1. The highest BCUT2D eigenvalue weighted by Gasteiger charge is 2.05. The smallest absolute Gasteiger partial charge is 0.294 e. The first-order valence-corrected chi connectivity index (χ1v) is 6.71. The third-order valence-electron chi connectivity index (χ3n) is 1.77. The van der Waals surface area contributed by atoms with Gasteiger partial charge in [0.1, 0.15) is 0 Å². The van der Waals surface area contributed by atoms with Gasteiger partial charge in [-0.05, 0) is 18.6 Å². The lowest BCUT2D eigenvalue weighted by Gasteiger charge is -1.93. The van der Waals surface area contributed by atoms with Crippen molar-refractivity contribution >= 4 is 10.1 Å². The summed E-state index contributed by atoms with van der Waals surface area (Å²) in [6, 6.07) is 7.42. The summed E-state index contributed by atoms with van der Waals surface area (Å²) in [4.78, 5) is -0.0741. The van der Waals surface area contributed by atoms with E-state index in [1.54, 1.807) is 18.2 Å². The first kappa shape index (κ1) is 15.7. The fourth-order valence-electron chi connectivity index (χ4n) is 0.903. The molecular weight excluding hydrogens is 240 g/mol. The van der Waals surface area contributed by atoms with Crippen LogP contribution in [0.25, 0.3) is 0 Å². The Balaban J connectivity index is 0.000000325. The molecule has 0 aliphatic carbocycles. The molecule has 1 aromatic rings. The van der Waals surface area contributed by atoms with Gasteiger partial charge in [-0.1, -0.05) is 38.1 Å². The Kier molecular flexibility index (Phi) is 8.09. The molecule has 17 heavy (non-hydrogen) atoms. The minimum absolute atomic E-state index is 0.0741. The number of unbranched alkanes of at least 4 members (excludes halogenated alkanes) is 1. The van der Waals surface area contributed by atoms with Gasteiger partial charge >= 0.3 is 0 Å². The lowest BCUT2D eigenvalue weighted by atomic mass is 10.4. The molecule has 96 valence electrons. The maximum Gasteiger partial charge on any atom is 0.294 e. The summed E-state index contributed by atoms with van der Waals surface area (Å²) in [6.45, 7) is 6.36. The van der Waals surface area contributed by atoms with Gasteiger partial charge in [-0.15, -0.1) is 0 Å². The highest BCUT2D eigenvalue weighted by Crippen LogP contribution is 2.05. The maximum atomic E-state index is 10.4. The summed E-state index contributed by atoms with van der Waals surface area (Å²) in [5.74, 6) is 0. The van der Waals surface area contributed by atoms with Crippen LogP contribution in [0.3, 0.4) is 0 Å². The molecule has 0 saturated carbocycles. The van der Waals surface area contributed by atoms with E-state index in [4.69, 9.17) is 9.29 Å². The topological polar surface area (TPSA) is 63.6 Å². The van der Waals surface area contributed by atoms with Crippen molar-refractivity contribution in [1.82, 2.24) is 0 Å². The molecule has 0 aromatic heterocycles. The van der Waals surface area contributed by atoms with Crippen LogP contribution >= 0.6 is 0 Å². The van der Waals surface area contributed by atoms with Crippen LogP contribution in [-0.2, 0) is 14.9 Å². The monoisotopic (exact) mass is 258 g/mol. The van der Waals surface area contributed by atoms with E-state index >= 15 is 0 Å². The summed E-state index contributed by atoms with van der Waals surface area (Å²) in [5, 5.41) is 0. The lowest BCUT2D eigenvalue weighted by Crippen LogP contribution is -1.96. The fraction of sp³-hybridized carbons (Fsp3) is 0.333. The Morgan fingerprint density at radius 2 is 1.94 bits per heavy atom. The number of benzene rings is 1. The zero-order valence-electron chi connectivity index (χ0n) is 9.87. The van der Waals surface area contributed by atoms with Crippen LogP contribution in [-0.4, -0.2) is 19.6 Å². The molecule has 0 heterocycles. The molecule has 0 aliphatic rings. The van der Waals surface area contributed by atoms with Gasteiger partial charge in [-0.25, -0.2) is 0 Å². The quantitative estimate of drug-likeness (QED) is 0.501. The molecule has 4 nitrogen and oxygen atoms in total. The van der Waals surface area contributed by atoms with E-state index < -0.39 is 10.1 Å². The van der Waals surface area contributed by atoms with Crippen LogP contribution in [0.1, 0.15) is 19.8 Å². The normalized spacial score (nSPS) is 10.0. The van der Waals surface area contributed by atoms with Gasteiger partial charge < -0.3 is 4.74 Å². The van der Waals surface area contributed by atoms with Crippen LogP contribution in [0.15, 0.2) is 48.1 Å². The van der Waals surface area contributed by atoms with Crippen molar-refractivity contribution in [2.45, 2.75) is 24.7 Å². The molecule has 0 saturated heterocycles. The maximum absolute atomic E-state index is 10.4. The van der Waals surface area contributed by atoms with Crippen LogP contribution in [0.4, 0.5) is 0 Å². The molecule has 0 atom stereocenters. The van der Waals surface area contributed by atoms with Crippen molar-refractivity contribution in [2.24, 2.45) is 0 Å². The van der Waals surface area contributed by atoms with Gasteiger partial charge in [0.05, 0.1) is 17.8 Å². The molecule has 0 radical (unpaired) electrons. The molecule has 1 rings (SSSR count). The van der Waals surface area contributed by atoms with Gasteiger partial charge in [0.2, 0.25) is 0 Å². The van der Waals surface area contributed by atoms with Crippen LogP contribution in [0, 0.1) is 0 Å². The molecular formula is C12H18O4S. The zero-order valence-corrected chi connectivity index (χ0v) is 10.7. The van der Waals surface area contributed by atoms with Gasteiger partial charge in [-0.2, -0.15) is 8.42 Å². The summed E-state index contributed by atoms with van der Waals surface area (Å²) >= 11 is 0. The molecule has 5 heteroatoms. The predicted octanol–water partition coefficient (Wildman–Crippen LogP) is 2.88. The summed E-state index contributed by atoms with van der Waals surface area (Å²) in [5.41, 5.74) is 0. The summed E-state index contributed by atoms with van der Waals surface area (Å²) in [6.07, 6.45) is 3.80. The van der Waals surface area contributed by atoms with E-state index in [0.717, 1.165) is 13.0 Å². The van der Waals surface area contributed by atoms with Gasteiger partial charge in [0, 0.05) is 0 Å². The molecule has 0 bridgehead atoms. The summed E-state index contributed by atoms with van der Waals surface area (Å²) < 4.78 is 34.1. The van der Waals surface area contributed by atoms with Crippen LogP contribution in [0.5, 0.6) is 0 Å². The van der Waals surface area contributed by atoms with E-state index in [0.29, 0.717) is 0 Å². The SMILES string of the molecule is C=COCCCC.O=S(=O)(O)c1ccccc1. The third kappa shape index (κ3) is 8.47. The Labute approximate surface area is 103 Å². The van der Waals surface area contributed by atoms with Crippen molar-refractivity contribution in [3.63, 3.8) is 0 Å². The van der Waals surface area contributed by atoms with E-state index in [2.05, 4.69) is 13.5 Å². The highest BCUT2D eigenvalue weighted by atomic mass is 32.2. The van der Waals surface area contributed by atoms with Crippen molar-refractivity contribution < 1.29 is 17.7 Å². The van der Waals surface area contributed by atoms with Crippen LogP contribution in [0.2, 0.25) is 0 Å². The largest absolute Gasteiger partial charge is 0.502 e. The third-order valence-corrected chi connectivity index (χ3v) is 2.64. The molecule has 0 unspecified atom stereocenters. The first-order valence-electron chi connectivity index (χ1n) is 5.27. The van der Waals surface area contributed by atoms with Crippen molar-refractivity contribution in [3.8, 4) is 0 Å². The molecule has 1 aromatic carbocycles. The number of hydrogen-bond acceptors (Lipinski definition) is 3. The Hall–Kier alpha value is -1.33. The van der Waals surface area contributed by atoms with Crippen molar-refractivity contribution in [2.75, 3.05) is 6.61 Å². The molecule has 0 amide bonds. The number of rotatable bonds is 5. The molecule has 0 fully saturated rings. The second kappa shape index (κ2) is 8.78. The average Bonchev–Trinajstić information content (AvgIpc) is 2.31. The highest BCUT2D eigenvalue weighted by molar-refractivity contribution is 7.85. The average molecular weight is 258 g/mol. The second-order valence-corrected chi connectivity index (χ2v) is 4.60. The molecule has 1 N–H and O–H groups in total. The van der Waals surface area contributed by atoms with Crippen molar-refractivity contribution in [3.05, 3.63) is 43.2 Å². The van der Waals surface area contributed by atoms with E-state index in [-0.39, 0.29) is 4.90 Å². The Morgan fingerprint density at radius 3 is 2.29 bits per heavy atom. The Bertz CT molecular complexity index is 398. The summed E-state index contributed by atoms with van der Waals surface area (Å²) in [7, 11) is -4.00. The van der Waals surface area contributed by atoms with Gasteiger partial charge in [0.25, 0.3) is 10.1 Å². The number of ether oxygens (including phenoxy) is 1. The van der Waals surface area contributed by atoms with E-state index in [1.165, 1.54) is 24.8 Å². The van der Waals surface area contributed by atoms with E-state index in [1.807, 2.05) is 0 Å². The van der Waals surface area contributed by atoms with Gasteiger partial charge in [-0.3, -0.25) is 4.55 Å². The second-order valence-electron chi connectivity index (χ2n) is 3.18.